The molecule has 2 N–H and O–H groups in total. The van der Waals surface area contributed by atoms with Gasteiger partial charge in [0.05, 0.1) is 11.1 Å². The summed E-state index contributed by atoms with van der Waals surface area (Å²) >= 11 is 0. The van der Waals surface area contributed by atoms with E-state index in [2.05, 4.69) is 4.72 Å². The number of alkyl halides is 6. The molecule has 0 unspecified atom stereocenters. The van der Waals surface area contributed by atoms with Crippen LogP contribution in [0.4, 0.5) is 30.8 Å². The largest absolute Gasteiger partial charge is 0.440 e. The van der Waals surface area contributed by atoms with Gasteiger partial charge in [0.15, 0.2) is 5.75 Å². The first kappa shape index (κ1) is 32.4. The molecule has 14 heteroatoms. The molecule has 2 rings (SSSR count). The minimum atomic E-state index is -4.91. The number of hydrogen-bond donors (Lipinski definition) is 2. The fourth-order valence-electron chi connectivity index (χ4n) is 3.75. The maximum Gasteiger partial charge on any atom is 0.416 e. The van der Waals surface area contributed by atoms with E-state index in [0.29, 0.717) is 23.1 Å². The monoisotopic (exact) mass is 585 g/mol. The SMILES string of the molecule is CCC(Cc1cccc(C(C)(C)NS(=O)(=O)CC(F)(F)F)c1)=C(Oc1ccc(C(F)(F)F)cc1)N(CC)NF. The summed E-state index contributed by atoms with van der Waals surface area (Å²) in [5.74, 6) is -1.98. The molecule has 0 saturated carbocycles. The van der Waals surface area contributed by atoms with Crippen LogP contribution >= 0.6 is 0 Å². The van der Waals surface area contributed by atoms with E-state index in [4.69, 9.17) is 4.74 Å². The summed E-state index contributed by atoms with van der Waals surface area (Å²) in [5.41, 5.74) is 0.737. The quantitative estimate of drug-likeness (QED) is 0.131. The van der Waals surface area contributed by atoms with Crippen molar-refractivity contribution in [2.24, 2.45) is 0 Å². The summed E-state index contributed by atoms with van der Waals surface area (Å²) in [5, 5.41) is 1.02. The average Bonchev–Trinajstić information content (AvgIpc) is 2.80. The molecule has 0 aliphatic rings. The number of ether oxygens (including phenoxy) is 1. The maximum absolute atomic E-state index is 13.6. The first-order chi connectivity index (χ1) is 17.9. The minimum absolute atomic E-state index is 0.0119. The number of nitrogens with zero attached hydrogens (tertiary/aromatic N) is 1. The third-order valence-corrected chi connectivity index (χ3v) is 7.15. The highest BCUT2D eigenvalue weighted by atomic mass is 32.2. The van der Waals surface area contributed by atoms with E-state index in [1.807, 2.05) is 0 Å². The Morgan fingerprint density at radius 3 is 2.05 bits per heavy atom. The molecule has 6 nitrogen and oxygen atoms in total. The normalized spacial score (nSPS) is 13.7. The van der Waals surface area contributed by atoms with Gasteiger partial charge in [0.2, 0.25) is 15.9 Å². The molecular weight excluding hydrogens is 555 g/mol. The van der Waals surface area contributed by atoms with Crippen LogP contribution in [0.15, 0.2) is 60.0 Å². The fraction of sp³-hybridized carbons (Fsp3) is 0.440. The molecule has 39 heavy (non-hydrogen) atoms. The van der Waals surface area contributed by atoms with Crippen LogP contribution < -0.4 is 15.1 Å². The van der Waals surface area contributed by atoms with E-state index in [1.165, 1.54) is 19.5 Å². The van der Waals surface area contributed by atoms with Crippen LogP contribution in [0.5, 0.6) is 5.75 Å². The number of hydrogen-bond acceptors (Lipinski definition) is 5. The molecule has 0 amide bonds. The van der Waals surface area contributed by atoms with Gasteiger partial charge in [-0.05, 0) is 74.6 Å². The first-order valence-electron chi connectivity index (χ1n) is 11.8. The highest BCUT2D eigenvalue weighted by Gasteiger charge is 2.38. The van der Waals surface area contributed by atoms with Gasteiger partial charge in [-0.15, -0.1) is 4.48 Å². The Labute approximate surface area is 222 Å². The summed E-state index contributed by atoms with van der Waals surface area (Å²) in [4.78, 5) is 0. The number of sulfonamides is 1. The van der Waals surface area contributed by atoms with Gasteiger partial charge in [0.25, 0.3) is 0 Å². The van der Waals surface area contributed by atoms with Crippen molar-refractivity contribution >= 4 is 10.0 Å². The molecule has 0 spiro atoms. The molecule has 0 fully saturated rings. The molecule has 0 radical (unpaired) electrons. The lowest BCUT2D eigenvalue weighted by Crippen LogP contribution is -2.44. The van der Waals surface area contributed by atoms with E-state index in [9.17, 15) is 39.2 Å². The Bertz CT molecular complexity index is 1240. The van der Waals surface area contributed by atoms with Gasteiger partial charge >= 0.3 is 12.4 Å². The molecule has 0 aliphatic carbocycles. The molecule has 2 aromatic rings. The molecule has 0 heterocycles. The van der Waals surface area contributed by atoms with Crippen LogP contribution in [-0.4, -0.2) is 31.9 Å². The highest BCUT2D eigenvalue weighted by molar-refractivity contribution is 7.89. The number of hydrazine groups is 1. The molecular formula is C25H30F7N3O3S. The van der Waals surface area contributed by atoms with Gasteiger partial charge in [0, 0.05) is 6.54 Å². The standard InChI is InChI=1S/C25H30F7N3O3S/c1-5-18(22(35(6-2)34-32)38-21-12-10-19(11-13-21)25(29,30)31)14-17-8-7-9-20(15-17)23(3,4)33-39(36,37)16-24(26,27)28/h7-13,15,33-34H,5-6,14,16H2,1-4H3. The van der Waals surface area contributed by atoms with Gasteiger partial charge in [-0.1, -0.05) is 36.8 Å². The van der Waals surface area contributed by atoms with E-state index in [1.54, 1.807) is 38.1 Å². The van der Waals surface area contributed by atoms with Crippen molar-refractivity contribution in [2.45, 2.75) is 58.4 Å². The second kappa shape index (κ2) is 12.6. The number of halogens is 7. The lowest BCUT2D eigenvalue weighted by molar-refractivity contribution is -0.137. The van der Waals surface area contributed by atoms with Crippen LogP contribution in [0.1, 0.15) is 50.8 Å². The summed E-state index contributed by atoms with van der Waals surface area (Å²) in [7, 11) is -4.70. The molecule has 0 aromatic heterocycles. The van der Waals surface area contributed by atoms with Gasteiger partial charge in [-0.2, -0.15) is 26.3 Å². The third kappa shape index (κ3) is 9.69. The van der Waals surface area contributed by atoms with Gasteiger partial charge in [-0.3, -0.25) is 5.01 Å². The number of nitrogens with one attached hydrogen (secondary N) is 2. The zero-order valence-electron chi connectivity index (χ0n) is 21.7. The molecule has 0 saturated heterocycles. The van der Waals surface area contributed by atoms with Crippen molar-refractivity contribution in [1.82, 2.24) is 15.4 Å². The van der Waals surface area contributed by atoms with Gasteiger partial charge in [-0.25, -0.2) is 13.1 Å². The van der Waals surface area contributed by atoms with Crippen LogP contribution in [0, 0.1) is 0 Å². The van der Waals surface area contributed by atoms with Crippen molar-refractivity contribution in [3.8, 4) is 5.75 Å². The third-order valence-electron chi connectivity index (χ3n) is 5.62. The molecule has 0 atom stereocenters. The molecule has 0 bridgehead atoms. The minimum Gasteiger partial charge on any atom is -0.440 e. The van der Waals surface area contributed by atoms with Gasteiger partial charge < -0.3 is 4.74 Å². The predicted octanol–water partition coefficient (Wildman–Crippen LogP) is 6.38. The lowest BCUT2D eigenvalue weighted by atomic mass is 9.92. The Morgan fingerprint density at radius 1 is 0.949 bits per heavy atom. The average molecular weight is 586 g/mol. The Morgan fingerprint density at radius 2 is 1.56 bits per heavy atom. The Balaban J connectivity index is 2.41. The summed E-state index contributed by atoms with van der Waals surface area (Å²) in [6.07, 6.45) is -8.96. The lowest BCUT2D eigenvalue weighted by Gasteiger charge is -2.28. The van der Waals surface area contributed by atoms with Crippen molar-refractivity contribution in [2.75, 3.05) is 12.3 Å². The number of rotatable bonds is 12. The van der Waals surface area contributed by atoms with Crippen molar-refractivity contribution < 1.29 is 44.0 Å². The smallest absolute Gasteiger partial charge is 0.416 e. The number of allylic oxidation sites excluding steroid dienone is 1. The van der Waals surface area contributed by atoms with E-state index < -0.39 is 39.2 Å². The topological polar surface area (TPSA) is 70.7 Å². The van der Waals surface area contributed by atoms with Crippen LogP contribution in [-0.2, 0) is 28.2 Å². The molecule has 218 valence electrons. The van der Waals surface area contributed by atoms with Crippen LogP contribution in [0.3, 0.4) is 0 Å². The van der Waals surface area contributed by atoms with Crippen LogP contribution in [0.25, 0.3) is 0 Å². The van der Waals surface area contributed by atoms with Crippen molar-refractivity contribution in [3.63, 3.8) is 0 Å². The van der Waals surface area contributed by atoms with Crippen LogP contribution in [0.2, 0.25) is 0 Å². The van der Waals surface area contributed by atoms with Crippen molar-refractivity contribution in [1.29, 1.82) is 0 Å². The van der Waals surface area contributed by atoms with Gasteiger partial charge in [0.1, 0.15) is 5.75 Å². The summed E-state index contributed by atoms with van der Waals surface area (Å²) in [6, 6.07) is 10.3. The zero-order chi connectivity index (χ0) is 29.6. The van der Waals surface area contributed by atoms with E-state index in [0.717, 1.165) is 29.3 Å². The first-order valence-corrected chi connectivity index (χ1v) is 13.4. The van der Waals surface area contributed by atoms with E-state index in [-0.39, 0.29) is 24.6 Å². The number of benzene rings is 2. The maximum atomic E-state index is 13.6. The summed E-state index contributed by atoms with van der Waals surface area (Å²) < 4.78 is 122. The second-order valence-corrected chi connectivity index (χ2v) is 10.9. The predicted molar refractivity (Wildman–Crippen MR) is 132 cm³/mol. The molecule has 0 aliphatic heterocycles. The highest BCUT2D eigenvalue weighted by Crippen LogP contribution is 2.32. The molecule has 2 aromatic carbocycles. The van der Waals surface area contributed by atoms with Crippen molar-refractivity contribution in [3.05, 3.63) is 76.7 Å². The summed E-state index contributed by atoms with van der Waals surface area (Å²) in [6.45, 7) is 6.30. The van der Waals surface area contributed by atoms with E-state index >= 15 is 0 Å². The Kier molecular flexibility index (Phi) is 10.4. The fourth-order valence-corrected chi connectivity index (χ4v) is 5.15. The zero-order valence-corrected chi connectivity index (χ0v) is 22.5. The second-order valence-electron chi connectivity index (χ2n) is 9.19. The Hall–Kier alpha value is -2.84.